The number of aromatic nitrogens is 2. The molecule has 0 saturated heterocycles. The first-order chi connectivity index (χ1) is 12.1. The van der Waals surface area contributed by atoms with Gasteiger partial charge in [0.05, 0.1) is 0 Å². The molecule has 1 amide bonds. The van der Waals surface area contributed by atoms with E-state index in [1.165, 1.54) is 19.2 Å². The standard InChI is InChI=1S/C20H19N3O2/c1-23-19(24)13-12-18(22-23)20(25)21-14-17(15-8-4-2-5-9-15)16-10-6-3-7-11-16/h2-13,17H,14H2,1H3,(H,21,25). The highest BCUT2D eigenvalue weighted by Crippen LogP contribution is 2.23. The summed E-state index contributed by atoms with van der Waals surface area (Å²) in [5.74, 6) is -0.258. The topological polar surface area (TPSA) is 64.0 Å². The van der Waals surface area contributed by atoms with Crippen LogP contribution in [0.5, 0.6) is 0 Å². The van der Waals surface area contributed by atoms with Gasteiger partial charge in [-0.25, -0.2) is 4.68 Å². The Labute approximate surface area is 145 Å². The van der Waals surface area contributed by atoms with E-state index in [-0.39, 0.29) is 23.1 Å². The number of amides is 1. The number of carbonyl (C=O) groups is 1. The van der Waals surface area contributed by atoms with Crippen LogP contribution in [0.1, 0.15) is 27.5 Å². The van der Waals surface area contributed by atoms with Crippen LogP contribution in [0.2, 0.25) is 0 Å². The second-order valence-corrected chi connectivity index (χ2v) is 5.76. The monoisotopic (exact) mass is 333 g/mol. The van der Waals surface area contributed by atoms with Gasteiger partial charge < -0.3 is 5.32 Å². The minimum atomic E-state index is -0.299. The lowest BCUT2D eigenvalue weighted by Gasteiger charge is -2.18. The van der Waals surface area contributed by atoms with E-state index in [1.807, 2.05) is 60.7 Å². The predicted molar refractivity (Wildman–Crippen MR) is 96.5 cm³/mol. The highest BCUT2D eigenvalue weighted by molar-refractivity contribution is 5.92. The molecule has 5 nitrogen and oxygen atoms in total. The normalized spacial score (nSPS) is 10.6. The van der Waals surface area contributed by atoms with E-state index >= 15 is 0 Å². The van der Waals surface area contributed by atoms with Crippen LogP contribution in [0.3, 0.4) is 0 Å². The Balaban J connectivity index is 1.80. The lowest BCUT2D eigenvalue weighted by atomic mass is 9.91. The summed E-state index contributed by atoms with van der Waals surface area (Å²) >= 11 is 0. The van der Waals surface area contributed by atoms with Crippen molar-refractivity contribution >= 4 is 5.91 Å². The number of hydrogen-bond donors (Lipinski definition) is 1. The van der Waals surface area contributed by atoms with Gasteiger partial charge in [0, 0.05) is 25.6 Å². The maximum Gasteiger partial charge on any atom is 0.271 e. The molecule has 0 atom stereocenters. The van der Waals surface area contributed by atoms with Gasteiger partial charge in [-0.15, -0.1) is 0 Å². The average molecular weight is 333 g/mol. The molecular formula is C20H19N3O2. The molecule has 3 rings (SSSR count). The molecular weight excluding hydrogens is 314 g/mol. The highest BCUT2D eigenvalue weighted by Gasteiger charge is 2.16. The highest BCUT2D eigenvalue weighted by atomic mass is 16.2. The van der Waals surface area contributed by atoms with Gasteiger partial charge in [0.1, 0.15) is 5.69 Å². The summed E-state index contributed by atoms with van der Waals surface area (Å²) in [5.41, 5.74) is 2.23. The molecule has 0 spiro atoms. The maximum atomic E-state index is 12.4. The SMILES string of the molecule is Cn1nc(C(=O)NCC(c2ccccc2)c2ccccc2)ccc1=O. The van der Waals surface area contributed by atoms with Crippen LogP contribution in [0.25, 0.3) is 0 Å². The molecule has 0 radical (unpaired) electrons. The summed E-state index contributed by atoms with van der Waals surface area (Å²) in [7, 11) is 1.52. The Bertz CT molecular complexity index is 865. The zero-order valence-corrected chi connectivity index (χ0v) is 13.9. The summed E-state index contributed by atoms with van der Waals surface area (Å²) in [6.07, 6.45) is 0. The molecule has 0 aliphatic carbocycles. The molecule has 25 heavy (non-hydrogen) atoms. The van der Waals surface area contributed by atoms with Crippen molar-refractivity contribution in [3.8, 4) is 0 Å². The van der Waals surface area contributed by atoms with Crippen LogP contribution in [0.4, 0.5) is 0 Å². The number of benzene rings is 2. The first-order valence-corrected chi connectivity index (χ1v) is 8.07. The molecule has 0 bridgehead atoms. The third kappa shape index (κ3) is 4.01. The van der Waals surface area contributed by atoms with Crippen molar-refractivity contribution in [2.45, 2.75) is 5.92 Å². The Kier molecular flexibility index (Phi) is 5.04. The van der Waals surface area contributed by atoms with Crippen molar-refractivity contribution in [2.75, 3.05) is 6.54 Å². The van der Waals surface area contributed by atoms with E-state index in [2.05, 4.69) is 10.4 Å². The van der Waals surface area contributed by atoms with Crippen molar-refractivity contribution in [1.29, 1.82) is 0 Å². The van der Waals surface area contributed by atoms with Gasteiger partial charge in [-0.1, -0.05) is 60.7 Å². The average Bonchev–Trinajstić information content (AvgIpc) is 2.66. The van der Waals surface area contributed by atoms with E-state index in [1.54, 1.807) is 0 Å². The molecule has 0 fully saturated rings. The molecule has 1 aromatic heterocycles. The summed E-state index contributed by atoms with van der Waals surface area (Å²) in [6.45, 7) is 0.442. The van der Waals surface area contributed by atoms with Gasteiger partial charge >= 0.3 is 0 Å². The summed E-state index contributed by atoms with van der Waals surface area (Å²) < 4.78 is 1.15. The van der Waals surface area contributed by atoms with Gasteiger partial charge in [0.2, 0.25) is 0 Å². The van der Waals surface area contributed by atoms with Gasteiger partial charge in [0.15, 0.2) is 0 Å². The number of nitrogens with one attached hydrogen (secondary N) is 1. The van der Waals surface area contributed by atoms with Crippen molar-refractivity contribution in [1.82, 2.24) is 15.1 Å². The molecule has 5 heteroatoms. The fourth-order valence-corrected chi connectivity index (χ4v) is 2.71. The third-order valence-electron chi connectivity index (χ3n) is 4.06. The van der Waals surface area contributed by atoms with Gasteiger partial charge in [-0.3, -0.25) is 9.59 Å². The van der Waals surface area contributed by atoms with Gasteiger partial charge in [0.25, 0.3) is 11.5 Å². The summed E-state index contributed by atoms with van der Waals surface area (Å²) in [5, 5.41) is 6.91. The first-order valence-electron chi connectivity index (χ1n) is 8.07. The quantitative estimate of drug-likeness (QED) is 0.779. The Morgan fingerprint density at radius 2 is 1.52 bits per heavy atom. The van der Waals surface area contributed by atoms with Crippen LogP contribution < -0.4 is 10.9 Å². The third-order valence-corrected chi connectivity index (χ3v) is 4.06. The van der Waals surface area contributed by atoms with E-state index in [0.29, 0.717) is 6.54 Å². The molecule has 0 unspecified atom stereocenters. The molecule has 0 saturated carbocycles. The van der Waals surface area contributed by atoms with Crippen molar-refractivity contribution in [2.24, 2.45) is 7.05 Å². The van der Waals surface area contributed by atoms with E-state index in [4.69, 9.17) is 0 Å². The molecule has 126 valence electrons. The number of hydrogen-bond acceptors (Lipinski definition) is 3. The molecule has 1 N–H and O–H groups in total. The van der Waals surface area contributed by atoms with E-state index in [9.17, 15) is 9.59 Å². The van der Waals surface area contributed by atoms with Crippen LogP contribution in [-0.4, -0.2) is 22.2 Å². The lowest BCUT2D eigenvalue weighted by Crippen LogP contribution is -2.31. The Morgan fingerprint density at radius 1 is 0.960 bits per heavy atom. The predicted octanol–water partition coefficient (Wildman–Crippen LogP) is 2.34. The van der Waals surface area contributed by atoms with Crippen molar-refractivity contribution in [3.63, 3.8) is 0 Å². The smallest absolute Gasteiger partial charge is 0.271 e. The van der Waals surface area contributed by atoms with Crippen LogP contribution in [0, 0.1) is 0 Å². The molecule has 1 heterocycles. The second-order valence-electron chi connectivity index (χ2n) is 5.76. The summed E-state index contributed by atoms with van der Waals surface area (Å²) in [4.78, 5) is 23.8. The number of carbonyl (C=O) groups excluding carboxylic acids is 1. The zero-order valence-electron chi connectivity index (χ0n) is 13.9. The fraction of sp³-hybridized carbons (Fsp3) is 0.150. The zero-order chi connectivity index (χ0) is 17.6. The lowest BCUT2D eigenvalue weighted by molar-refractivity contribution is 0.0945. The minimum absolute atomic E-state index is 0.0406. The van der Waals surface area contributed by atoms with Crippen LogP contribution in [-0.2, 0) is 7.05 Å². The van der Waals surface area contributed by atoms with Crippen LogP contribution >= 0.6 is 0 Å². The van der Waals surface area contributed by atoms with Crippen LogP contribution in [0.15, 0.2) is 77.6 Å². The van der Waals surface area contributed by atoms with Crippen molar-refractivity contribution in [3.05, 3.63) is 100.0 Å². The van der Waals surface area contributed by atoms with E-state index in [0.717, 1.165) is 15.8 Å². The largest absolute Gasteiger partial charge is 0.350 e. The first kappa shape index (κ1) is 16.6. The maximum absolute atomic E-state index is 12.4. The Hall–Kier alpha value is -3.21. The van der Waals surface area contributed by atoms with E-state index < -0.39 is 0 Å². The molecule has 2 aromatic carbocycles. The minimum Gasteiger partial charge on any atom is -0.350 e. The second kappa shape index (κ2) is 7.57. The Morgan fingerprint density at radius 3 is 2.04 bits per heavy atom. The number of aryl methyl sites for hydroxylation is 1. The molecule has 0 aliphatic rings. The van der Waals surface area contributed by atoms with Crippen molar-refractivity contribution < 1.29 is 4.79 Å². The number of rotatable bonds is 5. The fourth-order valence-electron chi connectivity index (χ4n) is 2.71. The van der Waals surface area contributed by atoms with Gasteiger partial charge in [-0.05, 0) is 17.2 Å². The molecule has 0 aliphatic heterocycles. The number of nitrogens with zero attached hydrogens (tertiary/aromatic N) is 2. The molecule has 3 aromatic rings. The van der Waals surface area contributed by atoms with Gasteiger partial charge in [-0.2, -0.15) is 5.10 Å². The summed E-state index contributed by atoms with van der Waals surface area (Å²) in [6, 6.07) is 22.9.